The first kappa shape index (κ1) is 15.7. The number of carbonyl (C=O) groups excluding carboxylic acids is 1. The van der Waals surface area contributed by atoms with Crippen molar-refractivity contribution >= 4 is 34.5 Å². The Morgan fingerprint density at radius 2 is 1.53 bits per heavy atom. The van der Waals surface area contributed by atoms with Gasteiger partial charge in [0.1, 0.15) is 9.49 Å². The second kappa shape index (κ2) is 5.72. The fraction of sp³-hybridized carbons (Fsp3) is 0.200. The molecule has 1 aromatic carbocycles. The van der Waals surface area contributed by atoms with Crippen LogP contribution in [0.25, 0.3) is 0 Å². The molecule has 9 heteroatoms. The van der Waals surface area contributed by atoms with E-state index in [1.54, 1.807) is 22.6 Å². The van der Waals surface area contributed by atoms with Crippen LogP contribution in [-0.2, 0) is 4.79 Å². The second-order valence-corrected chi connectivity index (χ2v) is 5.17. The quantitative estimate of drug-likeness (QED) is 0.215. The number of ether oxygens (including phenoxy) is 1. The van der Waals surface area contributed by atoms with Gasteiger partial charge >= 0.3 is 11.9 Å². The zero-order chi connectivity index (χ0) is 14.9. The van der Waals surface area contributed by atoms with Crippen LogP contribution in [-0.4, -0.2) is 21.0 Å². The van der Waals surface area contributed by atoms with E-state index in [9.17, 15) is 27.2 Å². The number of carboxylic acid groups (broad SMARTS) is 1. The van der Waals surface area contributed by atoms with E-state index < -0.39 is 50.4 Å². The van der Waals surface area contributed by atoms with Gasteiger partial charge in [-0.2, -0.15) is 8.78 Å². The zero-order valence-corrected chi connectivity index (χ0v) is 11.3. The van der Waals surface area contributed by atoms with E-state index in [0.717, 1.165) is 0 Å². The van der Waals surface area contributed by atoms with E-state index in [1.165, 1.54) is 6.92 Å². The van der Waals surface area contributed by atoms with E-state index in [-0.39, 0.29) is 0 Å². The standard InChI is InChI=1S/C10H5F4IO4/c1-2(15)10(18)19-8-6(13)4(11)3(9(16)17)5(12)7(8)14/h2H,1H3,(H,16,17). The van der Waals surface area contributed by atoms with Crippen molar-refractivity contribution in [3.63, 3.8) is 0 Å². The molecule has 4 nitrogen and oxygen atoms in total. The van der Waals surface area contributed by atoms with Crippen LogP contribution in [0.15, 0.2) is 0 Å². The minimum atomic E-state index is -2.19. The number of hydrogen-bond acceptors (Lipinski definition) is 3. The summed E-state index contributed by atoms with van der Waals surface area (Å²) in [4.78, 5) is 21.6. The fourth-order valence-electron chi connectivity index (χ4n) is 1.07. The molecule has 0 amide bonds. The first-order valence-corrected chi connectivity index (χ1v) is 5.88. The van der Waals surface area contributed by atoms with Gasteiger partial charge in [0.2, 0.25) is 17.4 Å². The molecule has 1 rings (SSSR count). The number of benzene rings is 1. The number of halogens is 5. The van der Waals surface area contributed by atoms with Gasteiger partial charge in [0.25, 0.3) is 0 Å². The highest BCUT2D eigenvalue weighted by Crippen LogP contribution is 2.30. The molecule has 0 aliphatic carbocycles. The molecular weight excluding hydrogens is 387 g/mol. The van der Waals surface area contributed by atoms with E-state index in [1.807, 2.05) is 0 Å². The summed E-state index contributed by atoms with van der Waals surface area (Å²) < 4.78 is 56.6. The number of aromatic carboxylic acids is 1. The van der Waals surface area contributed by atoms with Crippen molar-refractivity contribution in [3.05, 3.63) is 28.8 Å². The van der Waals surface area contributed by atoms with E-state index in [4.69, 9.17) is 5.11 Å². The van der Waals surface area contributed by atoms with Gasteiger partial charge in [-0.15, -0.1) is 0 Å². The molecule has 1 N–H and O–H groups in total. The van der Waals surface area contributed by atoms with Crippen LogP contribution in [0.2, 0.25) is 0 Å². The molecule has 0 saturated heterocycles. The van der Waals surface area contributed by atoms with Crippen LogP contribution in [0.1, 0.15) is 17.3 Å². The Balaban J connectivity index is 3.44. The Bertz CT molecular complexity index is 530. The predicted octanol–water partition coefficient (Wildman–Crippen LogP) is 2.67. The summed E-state index contributed by atoms with van der Waals surface area (Å²) in [6, 6.07) is 0. The maximum absolute atomic E-state index is 13.4. The summed E-state index contributed by atoms with van der Waals surface area (Å²) in [5, 5.41) is 8.43. The topological polar surface area (TPSA) is 63.6 Å². The van der Waals surface area contributed by atoms with Gasteiger partial charge in [-0.1, -0.05) is 22.6 Å². The Labute approximate surface area is 117 Å². The normalized spacial score (nSPS) is 12.1. The molecule has 0 aliphatic rings. The van der Waals surface area contributed by atoms with Gasteiger partial charge < -0.3 is 9.84 Å². The molecule has 1 aromatic rings. The van der Waals surface area contributed by atoms with Gasteiger partial charge in [0, 0.05) is 0 Å². The first-order chi connectivity index (χ1) is 8.68. The molecule has 0 aromatic heterocycles. The Morgan fingerprint density at radius 1 is 1.11 bits per heavy atom. The largest absolute Gasteiger partial charge is 0.477 e. The fourth-order valence-corrected chi connectivity index (χ4v) is 1.20. The number of hydrogen-bond donors (Lipinski definition) is 1. The van der Waals surface area contributed by atoms with Crippen molar-refractivity contribution in [1.82, 2.24) is 0 Å². The predicted molar refractivity (Wildman–Crippen MR) is 62.4 cm³/mol. The minimum Gasteiger partial charge on any atom is -0.477 e. The Morgan fingerprint density at radius 3 is 1.84 bits per heavy atom. The molecule has 1 unspecified atom stereocenters. The molecule has 0 fully saturated rings. The molecular formula is C10H5F4IO4. The van der Waals surface area contributed by atoms with Gasteiger partial charge in [-0.3, -0.25) is 4.79 Å². The summed E-state index contributed by atoms with van der Waals surface area (Å²) in [6.45, 7) is 1.32. The lowest BCUT2D eigenvalue weighted by atomic mass is 10.1. The number of carbonyl (C=O) groups is 2. The van der Waals surface area contributed by atoms with Crippen LogP contribution in [0.4, 0.5) is 17.6 Å². The number of esters is 1. The van der Waals surface area contributed by atoms with Gasteiger partial charge in [-0.25, -0.2) is 13.6 Å². The summed E-state index contributed by atoms with van der Waals surface area (Å²) in [5.41, 5.74) is -1.79. The van der Waals surface area contributed by atoms with Crippen molar-refractivity contribution in [3.8, 4) is 5.75 Å². The Hall–Kier alpha value is -1.39. The van der Waals surface area contributed by atoms with E-state index in [0.29, 0.717) is 0 Å². The van der Waals surface area contributed by atoms with Gasteiger partial charge in [-0.05, 0) is 6.92 Å². The summed E-state index contributed by atoms with van der Waals surface area (Å²) in [5.74, 6) is -13.4. The summed E-state index contributed by atoms with van der Waals surface area (Å²) in [6.07, 6.45) is 0. The maximum Gasteiger partial charge on any atom is 0.341 e. The lowest BCUT2D eigenvalue weighted by Crippen LogP contribution is -2.20. The molecule has 0 heterocycles. The van der Waals surface area contributed by atoms with Crippen LogP contribution in [0.3, 0.4) is 0 Å². The molecule has 0 aliphatic heterocycles. The molecule has 19 heavy (non-hydrogen) atoms. The van der Waals surface area contributed by atoms with Crippen LogP contribution < -0.4 is 4.74 Å². The molecule has 1 atom stereocenters. The summed E-state index contributed by atoms with van der Waals surface area (Å²) in [7, 11) is 0. The molecule has 0 radical (unpaired) electrons. The number of alkyl halides is 1. The number of rotatable bonds is 3. The molecule has 0 spiro atoms. The molecule has 0 saturated carbocycles. The van der Waals surface area contributed by atoms with Gasteiger partial charge in [0.15, 0.2) is 11.6 Å². The van der Waals surface area contributed by atoms with Crippen LogP contribution in [0.5, 0.6) is 5.75 Å². The summed E-state index contributed by atoms with van der Waals surface area (Å²) >= 11 is 1.55. The lowest BCUT2D eigenvalue weighted by molar-refractivity contribution is -0.133. The average Bonchev–Trinajstić information content (AvgIpc) is 2.31. The monoisotopic (exact) mass is 392 g/mol. The van der Waals surface area contributed by atoms with Crippen molar-refractivity contribution in [2.45, 2.75) is 10.8 Å². The third kappa shape index (κ3) is 2.96. The van der Waals surface area contributed by atoms with Crippen molar-refractivity contribution in [2.24, 2.45) is 0 Å². The van der Waals surface area contributed by atoms with Crippen molar-refractivity contribution in [2.75, 3.05) is 0 Å². The highest BCUT2D eigenvalue weighted by atomic mass is 127. The first-order valence-electron chi connectivity index (χ1n) is 4.63. The van der Waals surface area contributed by atoms with E-state index in [2.05, 4.69) is 4.74 Å². The zero-order valence-electron chi connectivity index (χ0n) is 9.14. The van der Waals surface area contributed by atoms with E-state index >= 15 is 0 Å². The van der Waals surface area contributed by atoms with Crippen molar-refractivity contribution < 1.29 is 37.0 Å². The number of carboxylic acids is 1. The molecule has 104 valence electrons. The molecule has 0 bridgehead atoms. The average molecular weight is 392 g/mol. The van der Waals surface area contributed by atoms with Gasteiger partial charge in [0.05, 0.1) is 0 Å². The Kier molecular flexibility index (Phi) is 4.71. The highest BCUT2D eigenvalue weighted by Gasteiger charge is 2.31. The SMILES string of the molecule is CC(I)C(=O)Oc1c(F)c(F)c(C(=O)O)c(F)c1F. The lowest BCUT2D eigenvalue weighted by Gasteiger charge is -2.10. The second-order valence-electron chi connectivity index (χ2n) is 3.30. The van der Waals surface area contributed by atoms with Crippen LogP contribution in [0, 0.1) is 23.3 Å². The minimum absolute atomic E-state index is 0.832. The van der Waals surface area contributed by atoms with Crippen LogP contribution >= 0.6 is 22.6 Å². The smallest absolute Gasteiger partial charge is 0.341 e. The third-order valence-electron chi connectivity index (χ3n) is 1.96. The maximum atomic E-state index is 13.4. The highest BCUT2D eigenvalue weighted by molar-refractivity contribution is 14.1. The van der Waals surface area contributed by atoms with Crippen molar-refractivity contribution in [1.29, 1.82) is 0 Å². The third-order valence-corrected chi connectivity index (χ3v) is 2.47.